The van der Waals surface area contributed by atoms with Crippen molar-refractivity contribution in [3.8, 4) is 0 Å². The van der Waals surface area contributed by atoms with Gasteiger partial charge in [-0.15, -0.1) is 0 Å². The van der Waals surface area contributed by atoms with Crippen molar-refractivity contribution in [1.29, 1.82) is 0 Å². The molecule has 0 radical (unpaired) electrons. The van der Waals surface area contributed by atoms with Gasteiger partial charge in [0, 0.05) is 40.0 Å². The van der Waals surface area contributed by atoms with Crippen LogP contribution in [0.4, 0.5) is 0 Å². The molecule has 0 aliphatic rings. The van der Waals surface area contributed by atoms with Crippen molar-refractivity contribution in [2.45, 2.75) is 34.2 Å². The number of fused-ring (bicyclic) bond motifs is 2. The standard InChI is InChI=1S/C26H23N3O2S/c1-15-10-11-22-21(12-15)20(18(4)28(22)14-19-8-6-5-7-9-19)13-23-25(31)29-24(30)16(2)17(3)27-26(29)32-23/h5-13H,14H2,1-4H3/b23-13-. The van der Waals surface area contributed by atoms with Gasteiger partial charge in [0.1, 0.15) is 0 Å². The van der Waals surface area contributed by atoms with Crippen LogP contribution in [0.2, 0.25) is 0 Å². The van der Waals surface area contributed by atoms with Crippen LogP contribution in [0, 0.1) is 27.7 Å². The lowest BCUT2D eigenvalue weighted by Crippen LogP contribution is -2.32. The fraction of sp³-hybridized carbons (Fsp3) is 0.192. The molecule has 0 aliphatic carbocycles. The maximum absolute atomic E-state index is 13.1. The average Bonchev–Trinajstić information content (AvgIpc) is 3.21. The molecule has 0 spiro atoms. The number of nitrogens with zero attached hydrogens (tertiary/aromatic N) is 3. The van der Waals surface area contributed by atoms with Crippen molar-refractivity contribution in [1.82, 2.24) is 14.0 Å². The van der Waals surface area contributed by atoms with Crippen LogP contribution in [0.3, 0.4) is 0 Å². The van der Waals surface area contributed by atoms with Crippen LogP contribution in [-0.2, 0) is 6.54 Å². The highest BCUT2D eigenvalue weighted by atomic mass is 32.1. The zero-order valence-corrected chi connectivity index (χ0v) is 19.3. The second kappa shape index (κ2) is 7.57. The normalized spacial score (nSPS) is 12.3. The third-order valence-electron chi connectivity index (χ3n) is 6.12. The van der Waals surface area contributed by atoms with Crippen LogP contribution in [0.15, 0.2) is 58.1 Å². The number of thiazole rings is 1. The van der Waals surface area contributed by atoms with Crippen LogP contribution in [0.1, 0.15) is 33.6 Å². The van der Waals surface area contributed by atoms with Gasteiger partial charge >= 0.3 is 0 Å². The Morgan fingerprint density at radius 3 is 2.47 bits per heavy atom. The molecule has 5 aromatic rings. The first kappa shape index (κ1) is 20.4. The number of benzene rings is 2. The molecule has 0 fully saturated rings. The Bertz CT molecular complexity index is 1670. The first-order valence-corrected chi connectivity index (χ1v) is 11.3. The highest BCUT2D eigenvalue weighted by Crippen LogP contribution is 2.28. The van der Waals surface area contributed by atoms with Crippen molar-refractivity contribution < 1.29 is 0 Å². The van der Waals surface area contributed by atoms with Crippen LogP contribution in [0.25, 0.3) is 21.9 Å². The zero-order chi connectivity index (χ0) is 22.6. The lowest BCUT2D eigenvalue weighted by molar-refractivity contribution is 0.804. The van der Waals surface area contributed by atoms with Crippen LogP contribution in [-0.4, -0.2) is 14.0 Å². The lowest BCUT2D eigenvalue weighted by Gasteiger charge is -2.08. The Labute approximate surface area is 188 Å². The van der Waals surface area contributed by atoms with Gasteiger partial charge in [0.05, 0.1) is 4.53 Å². The van der Waals surface area contributed by atoms with Crippen molar-refractivity contribution in [3.05, 3.63) is 107 Å². The first-order chi connectivity index (χ1) is 15.3. The number of hydrogen-bond donors (Lipinski definition) is 0. The van der Waals surface area contributed by atoms with Gasteiger partial charge in [0.15, 0.2) is 0 Å². The van der Waals surface area contributed by atoms with E-state index in [1.54, 1.807) is 13.8 Å². The van der Waals surface area contributed by atoms with Crippen LogP contribution < -0.4 is 15.7 Å². The highest BCUT2D eigenvalue weighted by Gasteiger charge is 2.16. The Balaban J connectivity index is 1.79. The summed E-state index contributed by atoms with van der Waals surface area (Å²) in [4.78, 5) is 30.7. The molecule has 5 rings (SSSR count). The van der Waals surface area contributed by atoms with Gasteiger partial charge in [-0.1, -0.05) is 53.3 Å². The van der Waals surface area contributed by atoms with Gasteiger partial charge in [-0.2, -0.15) is 0 Å². The van der Waals surface area contributed by atoms with E-state index in [1.807, 2.05) is 24.3 Å². The van der Waals surface area contributed by atoms with Crippen molar-refractivity contribution >= 4 is 33.3 Å². The minimum Gasteiger partial charge on any atom is -0.340 e. The quantitative estimate of drug-likeness (QED) is 0.427. The summed E-state index contributed by atoms with van der Waals surface area (Å²) in [5.74, 6) is 0. The monoisotopic (exact) mass is 441 g/mol. The Morgan fingerprint density at radius 2 is 1.72 bits per heavy atom. The van der Waals surface area contributed by atoms with Gasteiger partial charge in [0.25, 0.3) is 11.1 Å². The summed E-state index contributed by atoms with van der Waals surface area (Å²) in [5.41, 5.74) is 6.17. The van der Waals surface area contributed by atoms with E-state index in [-0.39, 0.29) is 11.1 Å². The van der Waals surface area contributed by atoms with Gasteiger partial charge in [-0.25, -0.2) is 9.38 Å². The zero-order valence-electron chi connectivity index (χ0n) is 18.5. The van der Waals surface area contributed by atoms with Crippen molar-refractivity contribution in [2.24, 2.45) is 0 Å². The molecule has 0 bridgehead atoms. The summed E-state index contributed by atoms with van der Waals surface area (Å²) in [5, 5.41) is 1.10. The summed E-state index contributed by atoms with van der Waals surface area (Å²) in [7, 11) is 0. The van der Waals surface area contributed by atoms with E-state index < -0.39 is 0 Å². The largest absolute Gasteiger partial charge is 0.340 e. The summed E-state index contributed by atoms with van der Waals surface area (Å²) in [6, 6.07) is 16.8. The second-order valence-corrected chi connectivity index (χ2v) is 9.26. The molecule has 0 aliphatic heterocycles. The predicted molar refractivity (Wildman–Crippen MR) is 131 cm³/mol. The smallest absolute Gasteiger partial charge is 0.277 e. The molecule has 6 heteroatoms. The van der Waals surface area contributed by atoms with E-state index in [2.05, 4.69) is 53.7 Å². The molecule has 3 heterocycles. The van der Waals surface area contributed by atoms with E-state index >= 15 is 0 Å². The van der Waals surface area contributed by atoms with E-state index in [1.165, 1.54) is 21.3 Å². The third-order valence-corrected chi connectivity index (χ3v) is 7.09. The van der Waals surface area contributed by atoms with E-state index in [0.29, 0.717) is 20.8 Å². The van der Waals surface area contributed by atoms with E-state index in [0.717, 1.165) is 34.3 Å². The maximum Gasteiger partial charge on any atom is 0.277 e. The van der Waals surface area contributed by atoms with Crippen LogP contribution in [0.5, 0.6) is 0 Å². The highest BCUT2D eigenvalue weighted by molar-refractivity contribution is 7.15. The van der Waals surface area contributed by atoms with E-state index in [4.69, 9.17) is 0 Å². The SMILES string of the molecule is Cc1ccc2c(c1)c(/C=c1\sc3nc(C)c(C)c(=O)n3c1=O)c(C)n2Cc1ccccc1. The van der Waals surface area contributed by atoms with Gasteiger partial charge < -0.3 is 4.57 Å². The number of aryl methyl sites for hydroxylation is 2. The second-order valence-electron chi connectivity index (χ2n) is 8.25. The molecular weight excluding hydrogens is 418 g/mol. The molecule has 0 saturated heterocycles. The molecule has 0 amide bonds. The topological polar surface area (TPSA) is 56.4 Å². The van der Waals surface area contributed by atoms with Crippen LogP contribution >= 0.6 is 11.3 Å². The molecule has 160 valence electrons. The lowest BCUT2D eigenvalue weighted by atomic mass is 10.1. The molecule has 5 nitrogen and oxygen atoms in total. The molecule has 0 atom stereocenters. The third kappa shape index (κ3) is 3.19. The molecule has 0 unspecified atom stereocenters. The number of hydrogen-bond acceptors (Lipinski definition) is 4. The Kier molecular flexibility index (Phi) is 4.82. The molecule has 2 aromatic carbocycles. The predicted octanol–water partition coefficient (Wildman–Crippen LogP) is 3.90. The van der Waals surface area contributed by atoms with Gasteiger partial charge in [0.2, 0.25) is 4.96 Å². The minimum atomic E-state index is -0.304. The summed E-state index contributed by atoms with van der Waals surface area (Å²) < 4.78 is 4.00. The minimum absolute atomic E-state index is 0.285. The molecule has 0 saturated carbocycles. The number of aromatic nitrogens is 3. The van der Waals surface area contributed by atoms with Gasteiger partial charge in [-0.3, -0.25) is 9.59 Å². The maximum atomic E-state index is 13.1. The average molecular weight is 442 g/mol. The summed E-state index contributed by atoms with van der Waals surface area (Å²) in [6.45, 7) is 8.41. The molecule has 3 aromatic heterocycles. The summed E-state index contributed by atoms with van der Waals surface area (Å²) >= 11 is 1.27. The fourth-order valence-electron chi connectivity index (χ4n) is 4.18. The molecular formula is C26H23N3O2S. The summed E-state index contributed by atoms with van der Waals surface area (Å²) in [6.07, 6.45) is 1.92. The van der Waals surface area contributed by atoms with Crippen molar-refractivity contribution in [2.75, 3.05) is 0 Å². The van der Waals surface area contributed by atoms with Gasteiger partial charge in [-0.05, 0) is 51.5 Å². The fourth-order valence-corrected chi connectivity index (χ4v) is 5.17. The molecule has 32 heavy (non-hydrogen) atoms. The van der Waals surface area contributed by atoms with Crippen molar-refractivity contribution in [3.63, 3.8) is 0 Å². The number of rotatable bonds is 3. The Hall–Kier alpha value is -3.51. The Morgan fingerprint density at radius 1 is 0.969 bits per heavy atom. The molecule has 0 N–H and O–H groups in total. The first-order valence-electron chi connectivity index (χ1n) is 10.5. The van der Waals surface area contributed by atoms with E-state index in [9.17, 15) is 9.59 Å².